The molecule has 0 N–H and O–H groups in total. The van der Waals surface area contributed by atoms with E-state index in [0.717, 1.165) is 0 Å². The number of hydrogen-bond acceptors (Lipinski definition) is 6. The van der Waals surface area contributed by atoms with Crippen molar-refractivity contribution >= 4 is 41.0 Å². The van der Waals surface area contributed by atoms with Gasteiger partial charge in [-0.15, -0.1) is 0 Å². The number of halogens is 2. The number of carbonyl (C=O) groups is 3. The lowest BCUT2D eigenvalue weighted by Gasteiger charge is -2.34. The summed E-state index contributed by atoms with van der Waals surface area (Å²) in [6.07, 6.45) is 1.44. The molecule has 0 aliphatic carbocycles. The minimum Gasteiger partial charge on any atom is -0.480 e. The number of hydrogen-bond donors (Lipinski definition) is 0. The van der Waals surface area contributed by atoms with Crippen molar-refractivity contribution in [2.24, 2.45) is 0 Å². The molecule has 29 heavy (non-hydrogen) atoms. The first-order valence-corrected chi connectivity index (χ1v) is 9.53. The number of amides is 2. The van der Waals surface area contributed by atoms with Gasteiger partial charge in [-0.2, -0.15) is 0 Å². The Kier molecular flexibility index (Phi) is 7.00. The van der Waals surface area contributed by atoms with Crippen LogP contribution in [0.5, 0.6) is 5.75 Å². The average molecular weight is 441 g/mol. The van der Waals surface area contributed by atoms with Gasteiger partial charge >= 0.3 is 5.97 Å². The van der Waals surface area contributed by atoms with Crippen LogP contribution >= 0.6 is 23.2 Å². The second-order valence-corrected chi connectivity index (χ2v) is 7.02. The van der Waals surface area contributed by atoms with E-state index in [9.17, 15) is 14.4 Å². The van der Waals surface area contributed by atoms with Gasteiger partial charge in [-0.3, -0.25) is 9.59 Å². The lowest BCUT2D eigenvalue weighted by Crippen LogP contribution is -2.51. The Morgan fingerprint density at radius 1 is 1.00 bits per heavy atom. The quantitative estimate of drug-likeness (QED) is 0.641. The highest BCUT2D eigenvalue weighted by Crippen LogP contribution is 2.27. The Balaban J connectivity index is 1.38. The third-order valence-electron chi connectivity index (χ3n) is 4.25. The van der Waals surface area contributed by atoms with Gasteiger partial charge in [0.1, 0.15) is 5.75 Å². The fraction of sp³-hybridized carbons (Fsp3) is 0.316. The molecular weight excluding hydrogens is 423 g/mol. The maximum Gasteiger partial charge on any atom is 0.344 e. The SMILES string of the molecule is O=C(COc1ccc(Cl)cc1Cl)OCC(=O)N1CCN(C(=O)c2ccco2)CC1. The largest absolute Gasteiger partial charge is 0.480 e. The van der Waals surface area contributed by atoms with Crippen molar-refractivity contribution in [2.75, 3.05) is 39.4 Å². The van der Waals surface area contributed by atoms with E-state index in [1.165, 1.54) is 23.3 Å². The van der Waals surface area contributed by atoms with E-state index in [4.69, 9.17) is 37.1 Å². The molecule has 2 aromatic rings. The first-order valence-electron chi connectivity index (χ1n) is 8.78. The van der Waals surface area contributed by atoms with E-state index in [-0.39, 0.29) is 35.0 Å². The van der Waals surface area contributed by atoms with Gasteiger partial charge < -0.3 is 23.7 Å². The van der Waals surface area contributed by atoms with Crippen molar-refractivity contribution in [3.05, 3.63) is 52.4 Å². The number of ether oxygens (including phenoxy) is 2. The number of benzene rings is 1. The molecule has 154 valence electrons. The van der Waals surface area contributed by atoms with Gasteiger partial charge in [0, 0.05) is 31.2 Å². The molecule has 1 fully saturated rings. The maximum atomic E-state index is 12.2. The molecule has 0 bridgehead atoms. The highest BCUT2D eigenvalue weighted by Gasteiger charge is 2.26. The normalized spacial score (nSPS) is 13.9. The second kappa shape index (κ2) is 9.67. The molecule has 2 heterocycles. The van der Waals surface area contributed by atoms with E-state index >= 15 is 0 Å². The molecule has 0 unspecified atom stereocenters. The minimum atomic E-state index is -0.698. The van der Waals surface area contributed by atoms with Crippen molar-refractivity contribution in [3.63, 3.8) is 0 Å². The summed E-state index contributed by atoms with van der Waals surface area (Å²) in [6.45, 7) is 0.650. The Bertz CT molecular complexity index is 879. The summed E-state index contributed by atoms with van der Waals surface area (Å²) in [6, 6.07) is 7.84. The van der Waals surface area contributed by atoms with Crippen molar-refractivity contribution in [1.82, 2.24) is 9.80 Å². The van der Waals surface area contributed by atoms with E-state index in [2.05, 4.69) is 0 Å². The van der Waals surface area contributed by atoms with E-state index in [1.807, 2.05) is 0 Å². The molecule has 2 amide bonds. The summed E-state index contributed by atoms with van der Waals surface area (Å²) in [4.78, 5) is 39.4. The smallest absolute Gasteiger partial charge is 0.344 e. The second-order valence-electron chi connectivity index (χ2n) is 6.17. The molecule has 10 heteroatoms. The lowest BCUT2D eigenvalue weighted by atomic mass is 10.3. The molecule has 0 radical (unpaired) electrons. The zero-order valence-electron chi connectivity index (χ0n) is 15.3. The summed E-state index contributed by atoms with van der Waals surface area (Å²) in [5.74, 6) is -0.702. The Hall–Kier alpha value is -2.71. The van der Waals surface area contributed by atoms with Crippen LogP contribution in [0.3, 0.4) is 0 Å². The van der Waals surface area contributed by atoms with Crippen molar-refractivity contribution in [1.29, 1.82) is 0 Å². The molecule has 1 saturated heterocycles. The molecule has 0 spiro atoms. The van der Waals surface area contributed by atoms with Crippen LogP contribution in [-0.2, 0) is 14.3 Å². The van der Waals surface area contributed by atoms with Gasteiger partial charge in [0.05, 0.1) is 11.3 Å². The topological polar surface area (TPSA) is 89.3 Å². The Morgan fingerprint density at radius 2 is 1.72 bits per heavy atom. The molecule has 1 aliphatic heterocycles. The van der Waals surface area contributed by atoms with Crippen LogP contribution in [0.15, 0.2) is 41.0 Å². The standard InChI is InChI=1S/C19H18Cl2N2O6/c20-13-3-4-15(14(21)10-13)28-12-18(25)29-11-17(24)22-5-7-23(8-6-22)19(26)16-2-1-9-27-16/h1-4,9-10H,5-8,11-12H2. The van der Waals surface area contributed by atoms with Crippen molar-refractivity contribution < 1.29 is 28.3 Å². The van der Waals surface area contributed by atoms with Gasteiger partial charge in [-0.25, -0.2) is 4.79 Å². The summed E-state index contributed by atoms with van der Waals surface area (Å²) in [5.41, 5.74) is 0. The number of rotatable bonds is 6. The number of carbonyl (C=O) groups excluding carboxylic acids is 3. The zero-order valence-corrected chi connectivity index (χ0v) is 16.8. The summed E-state index contributed by atoms with van der Waals surface area (Å²) in [7, 11) is 0. The van der Waals surface area contributed by atoms with Gasteiger partial charge in [0.15, 0.2) is 19.0 Å². The molecule has 1 aromatic carbocycles. The van der Waals surface area contributed by atoms with Gasteiger partial charge in [-0.05, 0) is 30.3 Å². The van der Waals surface area contributed by atoms with E-state index in [0.29, 0.717) is 31.2 Å². The molecular formula is C19H18Cl2N2O6. The third-order valence-corrected chi connectivity index (χ3v) is 4.78. The van der Waals surface area contributed by atoms with E-state index < -0.39 is 12.6 Å². The first kappa shape index (κ1) is 21.0. The highest BCUT2D eigenvalue weighted by molar-refractivity contribution is 6.35. The fourth-order valence-corrected chi connectivity index (χ4v) is 3.18. The van der Waals surface area contributed by atoms with E-state index in [1.54, 1.807) is 23.1 Å². The van der Waals surface area contributed by atoms with Crippen LogP contribution in [0.25, 0.3) is 0 Å². The summed E-state index contributed by atoms with van der Waals surface area (Å²) < 4.78 is 15.3. The van der Waals surface area contributed by atoms with Crippen LogP contribution < -0.4 is 4.74 Å². The molecule has 1 aliphatic rings. The lowest BCUT2D eigenvalue weighted by molar-refractivity contribution is -0.154. The van der Waals surface area contributed by atoms with Crippen LogP contribution in [0.4, 0.5) is 0 Å². The predicted octanol–water partition coefficient (Wildman–Crippen LogP) is 2.49. The number of furan rings is 1. The molecule has 0 atom stereocenters. The number of piperazine rings is 1. The van der Waals surface area contributed by atoms with Crippen molar-refractivity contribution in [3.8, 4) is 5.75 Å². The van der Waals surface area contributed by atoms with Crippen LogP contribution in [-0.4, -0.2) is 67.0 Å². The first-order chi connectivity index (χ1) is 13.9. The molecule has 0 saturated carbocycles. The summed E-state index contributed by atoms with van der Waals surface area (Å²) in [5, 5.41) is 0.713. The van der Waals surface area contributed by atoms with Gasteiger partial charge in [-0.1, -0.05) is 23.2 Å². The Morgan fingerprint density at radius 3 is 2.38 bits per heavy atom. The van der Waals surface area contributed by atoms with Gasteiger partial charge in [0.25, 0.3) is 11.8 Å². The monoisotopic (exact) mass is 440 g/mol. The zero-order chi connectivity index (χ0) is 20.8. The average Bonchev–Trinajstić information content (AvgIpc) is 3.26. The molecule has 8 nitrogen and oxygen atoms in total. The molecule has 1 aromatic heterocycles. The molecule has 3 rings (SSSR count). The fourth-order valence-electron chi connectivity index (χ4n) is 2.72. The predicted molar refractivity (Wildman–Crippen MR) is 104 cm³/mol. The minimum absolute atomic E-state index is 0.216. The number of nitrogens with zero attached hydrogens (tertiary/aromatic N) is 2. The third kappa shape index (κ3) is 5.65. The van der Waals surface area contributed by atoms with Crippen LogP contribution in [0.2, 0.25) is 10.0 Å². The van der Waals surface area contributed by atoms with Crippen molar-refractivity contribution in [2.45, 2.75) is 0 Å². The Labute approximate surface area is 176 Å². The maximum absolute atomic E-state index is 12.2. The van der Waals surface area contributed by atoms with Gasteiger partial charge in [0.2, 0.25) is 0 Å². The van der Waals surface area contributed by atoms with Crippen LogP contribution in [0, 0.1) is 0 Å². The highest BCUT2D eigenvalue weighted by atomic mass is 35.5. The van der Waals surface area contributed by atoms with Crippen LogP contribution in [0.1, 0.15) is 10.6 Å². The number of esters is 1. The summed E-state index contributed by atoms with van der Waals surface area (Å²) >= 11 is 11.7.